The molecule has 2 N–H and O–H groups in total. The standard InChI is InChI=1S/C14H19ClN4/c1-2-18-8-4-5-10(9-18)19-13-11(15)6-3-7-12(13)17-14(19)16/h3,6-7,10H,2,4-5,8-9H2,1H3,(H2,16,17). The number of hydrogen-bond donors (Lipinski definition) is 1. The largest absolute Gasteiger partial charge is 0.369 e. The second kappa shape index (κ2) is 5.02. The van der Waals surface area contributed by atoms with Crippen molar-refractivity contribution in [3.8, 4) is 0 Å². The number of hydrogen-bond acceptors (Lipinski definition) is 3. The van der Waals surface area contributed by atoms with Gasteiger partial charge in [0.15, 0.2) is 0 Å². The molecular weight excluding hydrogens is 260 g/mol. The molecule has 1 aromatic heterocycles. The van der Waals surface area contributed by atoms with Crippen LogP contribution in [-0.2, 0) is 0 Å². The number of likely N-dealkylation sites (N-methyl/N-ethyl adjacent to an activating group) is 1. The van der Waals surface area contributed by atoms with Crippen molar-refractivity contribution in [1.29, 1.82) is 0 Å². The molecule has 0 bridgehead atoms. The van der Waals surface area contributed by atoms with Gasteiger partial charge >= 0.3 is 0 Å². The lowest BCUT2D eigenvalue weighted by Gasteiger charge is -2.33. The van der Waals surface area contributed by atoms with E-state index in [2.05, 4.69) is 21.4 Å². The maximum Gasteiger partial charge on any atom is 0.201 e. The van der Waals surface area contributed by atoms with Crippen molar-refractivity contribution in [2.24, 2.45) is 0 Å². The van der Waals surface area contributed by atoms with Crippen molar-refractivity contribution in [2.45, 2.75) is 25.8 Å². The summed E-state index contributed by atoms with van der Waals surface area (Å²) < 4.78 is 2.12. The lowest BCUT2D eigenvalue weighted by Crippen LogP contribution is -2.36. The molecule has 2 aromatic rings. The summed E-state index contributed by atoms with van der Waals surface area (Å²) in [5.74, 6) is 0.575. The maximum atomic E-state index is 6.34. The van der Waals surface area contributed by atoms with Crippen molar-refractivity contribution in [2.75, 3.05) is 25.4 Å². The molecule has 1 saturated heterocycles. The highest BCUT2D eigenvalue weighted by atomic mass is 35.5. The van der Waals surface area contributed by atoms with Crippen LogP contribution in [0, 0.1) is 0 Å². The molecule has 5 heteroatoms. The predicted octanol–water partition coefficient (Wildman–Crippen LogP) is 2.93. The van der Waals surface area contributed by atoms with E-state index < -0.39 is 0 Å². The minimum Gasteiger partial charge on any atom is -0.369 e. The zero-order valence-electron chi connectivity index (χ0n) is 11.1. The molecule has 0 amide bonds. The van der Waals surface area contributed by atoms with Crippen LogP contribution in [0.15, 0.2) is 18.2 Å². The lowest BCUT2D eigenvalue weighted by atomic mass is 10.1. The summed E-state index contributed by atoms with van der Waals surface area (Å²) >= 11 is 6.34. The van der Waals surface area contributed by atoms with E-state index in [1.807, 2.05) is 18.2 Å². The van der Waals surface area contributed by atoms with Crippen molar-refractivity contribution in [3.05, 3.63) is 23.2 Å². The number of nitrogens with two attached hydrogens (primary N) is 1. The molecule has 3 rings (SSSR count). The summed E-state index contributed by atoms with van der Waals surface area (Å²) in [5, 5.41) is 0.732. The fourth-order valence-electron chi connectivity index (χ4n) is 3.02. The fourth-order valence-corrected chi connectivity index (χ4v) is 3.28. The number of nitrogen functional groups attached to an aromatic ring is 1. The summed E-state index contributed by atoms with van der Waals surface area (Å²) in [6, 6.07) is 6.16. The lowest BCUT2D eigenvalue weighted by molar-refractivity contribution is 0.188. The van der Waals surface area contributed by atoms with Crippen LogP contribution < -0.4 is 5.73 Å². The van der Waals surface area contributed by atoms with Gasteiger partial charge in [0.25, 0.3) is 0 Å². The molecule has 102 valence electrons. The molecular formula is C14H19ClN4. The molecule has 1 aliphatic heterocycles. The highest BCUT2D eigenvalue weighted by molar-refractivity contribution is 6.35. The maximum absolute atomic E-state index is 6.34. The number of likely N-dealkylation sites (tertiary alicyclic amines) is 1. The molecule has 0 saturated carbocycles. The minimum absolute atomic E-state index is 0.374. The number of imidazole rings is 1. The van der Waals surface area contributed by atoms with E-state index in [0.29, 0.717) is 12.0 Å². The van der Waals surface area contributed by atoms with Gasteiger partial charge in [-0.25, -0.2) is 4.98 Å². The predicted molar refractivity (Wildman–Crippen MR) is 79.5 cm³/mol. The number of halogens is 1. The molecule has 0 aliphatic carbocycles. The first-order valence-electron chi connectivity index (χ1n) is 6.85. The van der Waals surface area contributed by atoms with E-state index in [4.69, 9.17) is 17.3 Å². The van der Waals surface area contributed by atoms with Gasteiger partial charge < -0.3 is 15.2 Å². The Kier molecular flexibility index (Phi) is 3.37. The third-order valence-electron chi connectivity index (χ3n) is 3.98. The molecule has 1 unspecified atom stereocenters. The summed E-state index contributed by atoms with van der Waals surface area (Å²) in [4.78, 5) is 6.89. The second-order valence-electron chi connectivity index (χ2n) is 5.14. The Balaban J connectivity index is 2.06. The van der Waals surface area contributed by atoms with Gasteiger partial charge in [0, 0.05) is 12.6 Å². The molecule has 1 atom stereocenters. The van der Waals surface area contributed by atoms with Crippen LogP contribution in [0.25, 0.3) is 11.0 Å². The van der Waals surface area contributed by atoms with E-state index in [1.54, 1.807) is 0 Å². The third kappa shape index (κ3) is 2.19. The van der Waals surface area contributed by atoms with Gasteiger partial charge in [-0.15, -0.1) is 0 Å². The normalized spacial score (nSPS) is 21.1. The van der Waals surface area contributed by atoms with Crippen LogP contribution in [0.2, 0.25) is 5.02 Å². The van der Waals surface area contributed by atoms with Crippen LogP contribution in [0.4, 0.5) is 5.95 Å². The van der Waals surface area contributed by atoms with Crippen LogP contribution in [0.3, 0.4) is 0 Å². The summed E-state index contributed by atoms with van der Waals surface area (Å²) in [5.41, 5.74) is 7.98. The Bertz CT molecular complexity index is 592. The molecule has 1 aliphatic rings. The van der Waals surface area contributed by atoms with E-state index in [-0.39, 0.29) is 0 Å². The summed E-state index contributed by atoms with van der Waals surface area (Å²) in [6.07, 6.45) is 2.33. The van der Waals surface area contributed by atoms with E-state index in [9.17, 15) is 0 Å². The second-order valence-corrected chi connectivity index (χ2v) is 5.54. The zero-order valence-corrected chi connectivity index (χ0v) is 11.9. The number of nitrogens with zero attached hydrogens (tertiary/aromatic N) is 3. The quantitative estimate of drug-likeness (QED) is 0.919. The monoisotopic (exact) mass is 278 g/mol. The Morgan fingerprint density at radius 3 is 3.11 bits per heavy atom. The van der Waals surface area contributed by atoms with E-state index in [1.165, 1.54) is 13.0 Å². The van der Waals surface area contributed by atoms with Crippen molar-refractivity contribution in [1.82, 2.24) is 14.5 Å². The molecule has 1 aromatic carbocycles. The van der Waals surface area contributed by atoms with E-state index in [0.717, 1.165) is 35.6 Å². The highest BCUT2D eigenvalue weighted by Crippen LogP contribution is 2.32. The van der Waals surface area contributed by atoms with Crippen molar-refractivity contribution in [3.63, 3.8) is 0 Å². The number of rotatable bonds is 2. The van der Waals surface area contributed by atoms with E-state index >= 15 is 0 Å². The summed E-state index contributed by atoms with van der Waals surface area (Å²) in [6.45, 7) is 5.48. The average Bonchev–Trinajstić information content (AvgIpc) is 2.76. The molecule has 4 nitrogen and oxygen atoms in total. The molecule has 1 fully saturated rings. The zero-order chi connectivity index (χ0) is 13.4. The highest BCUT2D eigenvalue weighted by Gasteiger charge is 2.24. The topological polar surface area (TPSA) is 47.1 Å². The fraction of sp³-hybridized carbons (Fsp3) is 0.500. The minimum atomic E-state index is 0.374. The summed E-state index contributed by atoms with van der Waals surface area (Å²) in [7, 11) is 0. The van der Waals surface area contributed by atoms with Gasteiger partial charge in [0.05, 0.1) is 16.1 Å². The Hall–Kier alpha value is -1.26. The first-order chi connectivity index (χ1) is 9.20. The van der Waals surface area contributed by atoms with Gasteiger partial charge in [0.1, 0.15) is 0 Å². The SMILES string of the molecule is CCN1CCCC(n2c(N)nc3cccc(Cl)c32)C1. The van der Waals surface area contributed by atoms with Crippen molar-refractivity contribution >= 4 is 28.6 Å². The number of piperidine rings is 1. The number of anilines is 1. The smallest absolute Gasteiger partial charge is 0.201 e. The molecule has 0 spiro atoms. The Morgan fingerprint density at radius 2 is 2.32 bits per heavy atom. The van der Waals surface area contributed by atoms with Gasteiger partial charge in [-0.05, 0) is 38.1 Å². The number of aromatic nitrogens is 2. The molecule has 19 heavy (non-hydrogen) atoms. The Labute approximate surface area is 118 Å². The Morgan fingerprint density at radius 1 is 1.47 bits per heavy atom. The molecule has 0 radical (unpaired) electrons. The average molecular weight is 279 g/mol. The van der Waals surface area contributed by atoms with Crippen LogP contribution in [0.5, 0.6) is 0 Å². The van der Waals surface area contributed by atoms with Gasteiger partial charge in [0.2, 0.25) is 5.95 Å². The van der Waals surface area contributed by atoms with Crippen LogP contribution in [-0.4, -0.2) is 34.1 Å². The van der Waals surface area contributed by atoms with Gasteiger partial charge in [-0.1, -0.05) is 24.6 Å². The van der Waals surface area contributed by atoms with Crippen molar-refractivity contribution < 1.29 is 0 Å². The third-order valence-corrected chi connectivity index (χ3v) is 4.29. The van der Waals surface area contributed by atoms with Crippen LogP contribution >= 0.6 is 11.6 Å². The number of para-hydroxylation sites is 1. The van der Waals surface area contributed by atoms with Gasteiger partial charge in [-0.3, -0.25) is 0 Å². The first kappa shape index (κ1) is 12.8. The van der Waals surface area contributed by atoms with Crippen LogP contribution in [0.1, 0.15) is 25.8 Å². The number of fused-ring (bicyclic) bond motifs is 1. The molecule has 2 heterocycles. The first-order valence-corrected chi connectivity index (χ1v) is 7.22. The number of benzene rings is 1. The van der Waals surface area contributed by atoms with Gasteiger partial charge in [-0.2, -0.15) is 0 Å².